The first-order valence-electron chi connectivity index (χ1n) is 6.73. The van der Waals surface area contributed by atoms with E-state index in [4.69, 9.17) is 23.2 Å². The van der Waals surface area contributed by atoms with Crippen molar-refractivity contribution in [2.24, 2.45) is 0 Å². The van der Waals surface area contributed by atoms with Crippen molar-refractivity contribution in [2.45, 2.75) is 0 Å². The highest BCUT2D eigenvalue weighted by Gasteiger charge is 2.19. The molecule has 2 rings (SSSR count). The largest absolute Gasteiger partial charge is 0.332 e. The minimum Gasteiger partial charge on any atom is -0.332 e. The Morgan fingerprint density at radius 2 is 1.88 bits per heavy atom. The Kier molecular flexibility index (Phi) is 6.21. The molecule has 0 fully saturated rings. The number of likely N-dealkylation sites (N-methyl/N-ethyl adjacent to an activating group) is 1. The molecule has 0 aliphatic carbocycles. The van der Waals surface area contributed by atoms with Gasteiger partial charge in [-0.2, -0.15) is 0 Å². The first-order valence-corrected chi connectivity index (χ1v) is 8.28. The van der Waals surface area contributed by atoms with Gasteiger partial charge < -0.3 is 10.2 Å². The molecule has 4 nitrogen and oxygen atoms in total. The quantitative estimate of drug-likeness (QED) is 0.765. The van der Waals surface area contributed by atoms with E-state index in [-0.39, 0.29) is 12.1 Å². The average Bonchev–Trinajstić information content (AvgIpc) is 2.52. The van der Waals surface area contributed by atoms with E-state index in [1.54, 1.807) is 12.1 Å². The number of rotatable bonds is 4. The van der Waals surface area contributed by atoms with Gasteiger partial charge in [-0.05, 0) is 36.4 Å². The van der Waals surface area contributed by atoms with Crippen molar-refractivity contribution in [3.8, 4) is 0 Å². The van der Waals surface area contributed by atoms with Crippen LogP contribution in [0.3, 0.4) is 0 Å². The number of nitrogens with one attached hydrogen (secondary N) is 1. The second-order valence-corrected chi connectivity index (χ2v) is 6.69. The second kappa shape index (κ2) is 7.96. The van der Waals surface area contributed by atoms with Crippen molar-refractivity contribution in [1.82, 2.24) is 4.90 Å². The van der Waals surface area contributed by atoms with Crippen LogP contribution in [0.2, 0.25) is 10.0 Å². The molecule has 24 heavy (non-hydrogen) atoms. The maximum Gasteiger partial charge on any atom is 0.257 e. The van der Waals surface area contributed by atoms with Crippen LogP contribution in [0.25, 0.3) is 0 Å². The summed E-state index contributed by atoms with van der Waals surface area (Å²) in [6.45, 7) is -0.245. The lowest BCUT2D eigenvalue weighted by atomic mass is 10.2. The molecule has 0 unspecified atom stereocenters. The molecule has 0 aliphatic rings. The molecule has 2 aromatic carbocycles. The van der Waals surface area contributed by atoms with Crippen LogP contribution in [-0.2, 0) is 4.79 Å². The number of anilines is 1. The third-order valence-corrected chi connectivity index (χ3v) is 4.32. The fraction of sp³-hybridized carbons (Fsp3) is 0.125. The van der Waals surface area contributed by atoms with E-state index in [1.165, 1.54) is 31.3 Å². The average molecular weight is 434 g/mol. The van der Waals surface area contributed by atoms with Crippen molar-refractivity contribution in [3.63, 3.8) is 0 Å². The van der Waals surface area contributed by atoms with E-state index >= 15 is 0 Å². The number of hydrogen-bond donors (Lipinski definition) is 1. The molecule has 0 atom stereocenters. The smallest absolute Gasteiger partial charge is 0.257 e. The maximum absolute atomic E-state index is 13.8. The van der Waals surface area contributed by atoms with Gasteiger partial charge in [0.1, 0.15) is 5.82 Å². The Bertz CT molecular complexity index is 802. The summed E-state index contributed by atoms with van der Waals surface area (Å²) in [5, 5.41) is 3.26. The summed E-state index contributed by atoms with van der Waals surface area (Å²) < 4.78 is 14.3. The monoisotopic (exact) mass is 432 g/mol. The number of nitrogens with zero attached hydrogens (tertiary/aromatic N) is 1. The SMILES string of the molecule is CN(CC(=O)Nc1ccc(Cl)c(Cl)c1)C(=O)c1cc(Br)ccc1F. The zero-order valence-electron chi connectivity index (χ0n) is 12.4. The van der Waals surface area contributed by atoms with E-state index in [9.17, 15) is 14.0 Å². The van der Waals surface area contributed by atoms with Gasteiger partial charge in [0.25, 0.3) is 5.91 Å². The summed E-state index contributed by atoms with van der Waals surface area (Å²) in [5.74, 6) is -1.70. The van der Waals surface area contributed by atoms with Crippen LogP contribution in [0.15, 0.2) is 40.9 Å². The lowest BCUT2D eigenvalue weighted by Crippen LogP contribution is -2.35. The molecule has 0 aliphatic heterocycles. The van der Waals surface area contributed by atoms with Crippen LogP contribution < -0.4 is 5.32 Å². The third kappa shape index (κ3) is 4.69. The van der Waals surface area contributed by atoms with Gasteiger partial charge in [0.05, 0.1) is 22.2 Å². The van der Waals surface area contributed by atoms with Crippen LogP contribution >= 0.6 is 39.1 Å². The fourth-order valence-corrected chi connectivity index (χ4v) is 2.59. The van der Waals surface area contributed by atoms with Crippen LogP contribution in [0.4, 0.5) is 10.1 Å². The van der Waals surface area contributed by atoms with Gasteiger partial charge in [0.15, 0.2) is 0 Å². The van der Waals surface area contributed by atoms with Crippen LogP contribution in [0, 0.1) is 5.82 Å². The normalized spacial score (nSPS) is 10.4. The number of benzene rings is 2. The Balaban J connectivity index is 2.04. The van der Waals surface area contributed by atoms with Crippen LogP contribution in [-0.4, -0.2) is 30.3 Å². The summed E-state index contributed by atoms with van der Waals surface area (Å²) >= 11 is 14.9. The number of amides is 2. The Morgan fingerprint density at radius 1 is 1.17 bits per heavy atom. The molecule has 2 amide bonds. The molecule has 2 aromatic rings. The Morgan fingerprint density at radius 3 is 2.54 bits per heavy atom. The van der Waals surface area contributed by atoms with Gasteiger partial charge in [0.2, 0.25) is 5.91 Å². The molecule has 1 N–H and O–H groups in total. The van der Waals surface area contributed by atoms with Gasteiger partial charge in [-0.15, -0.1) is 0 Å². The minimum atomic E-state index is -0.653. The fourth-order valence-electron chi connectivity index (χ4n) is 1.93. The molecule has 8 heteroatoms. The number of carbonyl (C=O) groups is 2. The van der Waals surface area contributed by atoms with Crippen molar-refractivity contribution in [2.75, 3.05) is 18.9 Å². The molecule has 0 spiro atoms. The number of halogens is 4. The summed E-state index contributed by atoms with van der Waals surface area (Å²) in [6, 6.07) is 8.67. The van der Waals surface area contributed by atoms with Gasteiger partial charge in [-0.25, -0.2) is 4.39 Å². The van der Waals surface area contributed by atoms with Crippen molar-refractivity contribution in [3.05, 3.63) is 62.3 Å². The maximum atomic E-state index is 13.8. The Labute approximate surface area is 156 Å². The van der Waals surface area contributed by atoms with E-state index in [2.05, 4.69) is 21.2 Å². The summed E-state index contributed by atoms with van der Waals surface area (Å²) in [4.78, 5) is 25.4. The van der Waals surface area contributed by atoms with Gasteiger partial charge in [0, 0.05) is 17.2 Å². The van der Waals surface area contributed by atoms with Crippen LogP contribution in [0.5, 0.6) is 0 Å². The Hall–Kier alpha value is -1.63. The molecule has 0 aromatic heterocycles. The minimum absolute atomic E-state index is 0.116. The van der Waals surface area contributed by atoms with Gasteiger partial charge in [-0.3, -0.25) is 9.59 Å². The summed E-state index contributed by atoms with van der Waals surface area (Å²) in [5.41, 5.74) is 0.332. The van der Waals surface area contributed by atoms with Crippen molar-refractivity contribution in [1.29, 1.82) is 0 Å². The topological polar surface area (TPSA) is 49.4 Å². The summed E-state index contributed by atoms with van der Waals surface area (Å²) in [7, 11) is 1.41. The second-order valence-electron chi connectivity index (χ2n) is 4.96. The molecular formula is C16H12BrCl2FN2O2. The molecule has 0 saturated heterocycles. The molecule has 0 bridgehead atoms. The molecule has 126 valence electrons. The molecular weight excluding hydrogens is 422 g/mol. The zero-order chi connectivity index (χ0) is 17.9. The van der Waals surface area contributed by atoms with E-state index in [0.29, 0.717) is 20.2 Å². The zero-order valence-corrected chi connectivity index (χ0v) is 15.5. The van der Waals surface area contributed by atoms with E-state index in [1.807, 2.05) is 0 Å². The molecule has 0 saturated carbocycles. The van der Waals surface area contributed by atoms with Crippen molar-refractivity contribution < 1.29 is 14.0 Å². The highest BCUT2D eigenvalue weighted by Crippen LogP contribution is 2.25. The first kappa shape index (κ1) is 18.7. The van der Waals surface area contributed by atoms with Gasteiger partial charge >= 0.3 is 0 Å². The lowest BCUT2D eigenvalue weighted by Gasteiger charge is -2.17. The number of hydrogen-bond acceptors (Lipinski definition) is 2. The highest BCUT2D eigenvalue weighted by molar-refractivity contribution is 9.10. The predicted octanol–water partition coefficient (Wildman–Crippen LogP) is 4.61. The lowest BCUT2D eigenvalue weighted by molar-refractivity contribution is -0.116. The van der Waals surface area contributed by atoms with Crippen molar-refractivity contribution >= 4 is 56.6 Å². The van der Waals surface area contributed by atoms with E-state index in [0.717, 1.165) is 4.90 Å². The summed E-state index contributed by atoms with van der Waals surface area (Å²) in [6.07, 6.45) is 0. The highest BCUT2D eigenvalue weighted by atomic mass is 79.9. The molecule has 0 heterocycles. The molecule has 0 radical (unpaired) electrons. The number of carbonyl (C=O) groups excluding carboxylic acids is 2. The van der Waals surface area contributed by atoms with E-state index < -0.39 is 17.6 Å². The standard InChI is InChI=1S/C16H12BrCl2FN2O2/c1-22(16(24)11-6-9(17)2-5-14(11)20)8-15(23)21-10-3-4-12(18)13(19)7-10/h2-7H,8H2,1H3,(H,21,23). The first-order chi connectivity index (χ1) is 11.3. The van der Waals surface area contributed by atoms with Gasteiger partial charge in [-0.1, -0.05) is 39.1 Å². The third-order valence-electron chi connectivity index (χ3n) is 3.09. The predicted molar refractivity (Wildman–Crippen MR) is 96.2 cm³/mol. The van der Waals surface area contributed by atoms with Crippen LogP contribution in [0.1, 0.15) is 10.4 Å².